The summed E-state index contributed by atoms with van der Waals surface area (Å²) in [6, 6.07) is 0.206. The van der Waals surface area contributed by atoms with Crippen LogP contribution >= 0.6 is 0 Å². The van der Waals surface area contributed by atoms with Crippen LogP contribution in [0.4, 0.5) is 0 Å². The maximum Gasteiger partial charge on any atom is 0.220 e. The zero-order valence-corrected chi connectivity index (χ0v) is 8.05. The lowest BCUT2D eigenvalue weighted by molar-refractivity contribution is -0.131. The maximum absolute atomic E-state index is 11.2. The summed E-state index contributed by atoms with van der Waals surface area (Å²) in [5, 5.41) is 12.9. The van der Waals surface area contributed by atoms with Crippen LogP contribution < -0.4 is 5.32 Å². The van der Waals surface area contributed by atoms with Gasteiger partial charge in [-0.25, -0.2) is 0 Å². The monoisotopic (exact) mass is 183 g/mol. The van der Waals surface area contributed by atoms with Crippen LogP contribution in [0.25, 0.3) is 0 Å². The predicted octanol–water partition coefficient (Wildman–Crippen LogP) is 0.816. The van der Waals surface area contributed by atoms with Gasteiger partial charge in [0.05, 0.1) is 6.10 Å². The molecule has 2 fully saturated rings. The van der Waals surface area contributed by atoms with Gasteiger partial charge in [-0.15, -0.1) is 0 Å². The molecule has 74 valence electrons. The molecule has 0 bridgehead atoms. The minimum absolute atomic E-state index is 0.0633. The molecule has 1 saturated carbocycles. The molecule has 2 aliphatic rings. The summed E-state index contributed by atoms with van der Waals surface area (Å²) in [5.74, 6) is 0.150. The van der Waals surface area contributed by atoms with Crippen molar-refractivity contribution in [2.45, 2.75) is 51.2 Å². The number of carbonyl (C=O) groups is 1. The van der Waals surface area contributed by atoms with E-state index in [1.165, 1.54) is 0 Å². The molecule has 1 aliphatic heterocycles. The lowest BCUT2D eigenvalue weighted by atomic mass is 9.65. The molecule has 0 aromatic rings. The quantitative estimate of drug-likeness (QED) is 0.584. The van der Waals surface area contributed by atoms with Crippen LogP contribution in [0.3, 0.4) is 0 Å². The maximum atomic E-state index is 11.2. The Morgan fingerprint density at radius 2 is 2.31 bits per heavy atom. The molecule has 3 atom stereocenters. The van der Waals surface area contributed by atoms with Crippen molar-refractivity contribution in [1.82, 2.24) is 5.32 Å². The largest absolute Gasteiger partial charge is 0.392 e. The Balaban J connectivity index is 2.17. The second-order valence-electron chi connectivity index (χ2n) is 4.57. The Kier molecular flexibility index (Phi) is 2.06. The molecular weight excluding hydrogens is 166 g/mol. The molecule has 2 N–H and O–H groups in total. The number of nitrogens with one attached hydrogen (secondary N) is 1. The number of hydrogen-bond acceptors (Lipinski definition) is 2. The standard InChI is InChI=1S/C10H17NO2/c1-10-6-5-9(13)11-7(10)3-2-4-8(10)12/h7-8,12H,2-6H2,1H3,(H,11,13)/t7-,8+,10+/m1/s1. The highest BCUT2D eigenvalue weighted by molar-refractivity contribution is 5.77. The first-order valence-electron chi connectivity index (χ1n) is 5.10. The molecule has 3 heteroatoms. The van der Waals surface area contributed by atoms with Crippen LogP contribution in [0, 0.1) is 5.41 Å². The normalized spacial score (nSPS) is 45.2. The fourth-order valence-corrected chi connectivity index (χ4v) is 2.63. The number of hydrogen-bond donors (Lipinski definition) is 2. The van der Waals surface area contributed by atoms with Gasteiger partial charge in [-0.3, -0.25) is 4.79 Å². The van der Waals surface area contributed by atoms with E-state index in [0.717, 1.165) is 25.7 Å². The summed E-state index contributed by atoms with van der Waals surface area (Å²) in [6.45, 7) is 2.10. The van der Waals surface area contributed by atoms with Crippen molar-refractivity contribution < 1.29 is 9.90 Å². The highest BCUT2D eigenvalue weighted by atomic mass is 16.3. The fraction of sp³-hybridized carbons (Fsp3) is 0.900. The van der Waals surface area contributed by atoms with E-state index in [0.29, 0.717) is 6.42 Å². The van der Waals surface area contributed by atoms with Crippen molar-refractivity contribution in [3.05, 3.63) is 0 Å². The first-order valence-corrected chi connectivity index (χ1v) is 5.10. The zero-order valence-electron chi connectivity index (χ0n) is 8.05. The van der Waals surface area contributed by atoms with Crippen LogP contribution in [0.15, 0.2) is 0 Å². The SMILES string of the molecule is C[C@]12CCC(=O)N[C@@H]1CCC[C@@H]2O. The zero-order chi connectivity index (χ0) is 9.47. The Labute approximate surface area is 78.5 Å². The molecule has 0 aromatic heterocycles. The molecule has 0 spiro atoms. The summed E-state index contributed by atoms with van der Waals surface area (Å²) in [5.41, 5.74) is -0.0633. The third-order valence-corrected chi connectivity index (χ3v) is 3.75. The summed E-state index contributed by atoms with van der Waals surface area (Å²) in [6.07, 6.45) is 4.13. The van der Waals surface area contributed by atoms with Crippen molar-refractivity contribution in [2.75, 3.05) is 0 Å². The number of aliphatic hydroxyl groups excluding tert-OH is 1. The first-order chi connectivity index (χ1) is 6.13. The second-order valence-corrected chi connectivity index (χ2v) is 4.57. The number of aliphatic hydroxyl groups is 1. The first kappa shape index (κ1) is 9.00. The number of fused-ring (bicyclic) bond motifs is 1. The Bertz CT molecular complexity index is 229. The van der Waals surface area contributed by atoms with Crippen LogP contribution in [-0.4, -0.2) is 23.2 Å². The summed E-state index contributed by atoms with van der Waals surface area (Å²) < 4.78 is 0. The van der Waals surface area contributed by atoms with Gasteiger partial charge in [0.15, 0.2) is 0 Å². The molecule has 0 radical (unpaired) electrons. The number of piperidine rings is 1. The molecule has 0 aromatic carbocycles. The smallest absolute Gasteiger partial charge is 0.220 e. The third kappa shape index (κ3) is 1.35. The topological polar surface area (TPSA) is 49.3 Å². The van der Waals surface area contributed by atoms with Gasteiger partial charge in [0.25, 0.3) is 0 Å². The highest BCUT2D eigenvalue weighted by Crippen LogP contribution is 2.42. The van der Waals surface area contributed by atoms with E-state index in [1.54, 1.807) is 0 Å². The summed E-state index contributed by atoms with van der Waals surface area (Å²) in [4.78, 5) is 11.2. The van der Waals surface area contributed by atoms with Crippen LogP contribution in [0.5, 0.6) is 0 Å². The average Bonchev–Trinajstić information content (AvgIpc) is 2.09. The van der Waals surface area contributed by atoms with Gasteiger partial charge < -0.3 is 10.4 Å². The van der Waals surface area contributed by atoms with Crippen LogP contribution in [0.1, 0.15) is 39.0 Å². The van der Waals surface area contributed by atoms with Gasteiger partial charge in [-0.1, -0.05) is 6.92 Å². The van der Waals surface area contributed by atoms with Gasteiger partial charge in [0.1, 0.15) is 0 Å². The van der Waals surface area contributed by atoms with Crippen molar-refractivity contribution in [3.8, 4) is 0 Å². The van der Waals surface area contributed by atoms with E-state index < -0.39 is 0 Å². The van der Waals surface area contributed by atoms with Gasteiger partial charge in [0, 0.05) is 17.9 Å². The van der Waals surface area contributed by atoms with E-state index in [4.69, 9.17) is 0 Å². The van der Waals surface area contributed by atoms with Crippen molar-refractivity contribution >= 4 is 5.91 Å². The minimum atomic E-state index is -0.230. The molecule has 2 rings (SSSR count). The summed E-state index contributed by atoms with van der Waals surface area (Å²) in [7, 11) is 0. The summed E-state index contributed by atoms with van der Waals surface area (Å²) >= 11 is 0. The fourth-order valence-electron chi connectivity index (χ4n) is 2.63. The highest BCUT2D eigenvalue weighted by Gasteiger charge is 2.46. The van der Waals surface area contributed by atoms with Crippen molar-refractivity contribution in [3.63, 3.8) is 0 Å². The van der Waals surface area contributed by atoms with E-state index in [-0.39, 0.29) is 23.5 Å². The Hall–Kier alpha value is -0.570. The van der Waals surface area contributed by atoms with Crippen LogP contribution in [0.2, 0.25) is 0 Å². The van der Waals surface area contributed by atoms with Gasteiger partial charge in [-0.2, -0.15) is 0 Å². The molecule has 1 heterocycles. The Morgan fingerprint density at radius 3 is 3.08 bits per heavy atom. The van der Waals surface area contributed by atoms with Gasteiger partial charge in [-0.05, 0) is 25.7 Å². The average molecular weight is 183 g/mol. The molecule has 13 heavy (non-hydrogen) atoms. The van der Waals surface area contributed by atoms with Gasteiger partial charge >= 0.3 is 0 Å². The van der Waals surface area contributed by atoms with Crippen LogP contribution in [-0.2, 0) is 4.79 Å². The van der Waals surface area contributed by atoms with Crippen molar-refractivity contribution in [2.24, 2.45) is 5.41 Å². The predicted molar refractivity (Wildman–Crippen MR) is 49.1 cm³/mol. The van der Waals surface area contributed by atoms with Crippen molar-refractivity contribution in [1.29, 1.82) is 0 Å². The molecular formula is C10H17NO2. The van der Waals surface area contributed by atoms with Gasteiger partial charge in [0.2, 0.25) is 5.91 Å². The van der Waals surface area contributed by atoms with E-state index >= 15 is 0 Å². The van der Waals surface area contributed by atoms with E-state index in [9.17, 15) is 9.90 Å². The number of carbonyl (C=O) groups excluding carboxylic acids is 1. The number of rotatable bonds is 0. The van der Waals surface area contributed by atoms with E-state index in [2.05, 4.69) is 12.2 Å². The van der Waals surface area contributed by atoms with E-state index in [1.807, 2.05) is 0 Å². The molecule has 3 nitrogen and oxygen atoms in total. The second kappa shape index (κ2) is 2.98. The third-order valence-electron chi connectivity index (χ3n) is 3.75. The molecule has 1 saturated heterocycles. The molecule has 1 amide bonds. The molecule has 0 unspecified atom stereocenters. The lowest BCUT2D eigenvalue weighted by Crippen LogP contribution is -2.58. The number of amides is 1. The Morgan fingerprint density at radius 1 is 1.54 bits per heavy atom. The molecule has 1 aliphatic carbocycles. The lowest BCUT2D eigenvalue weighted by Gasteiger charge is -2.48. The minimum Gasteiger partial charge on any atom is -0.392 e.